The Morgan fingerprint density at radius 1 is 1.17 bits per heavy atom. The van der Waals surface area contributed by atoms with Crippen LogP contribution in [0, 0.1) is 23.0 Å². The van der Waals surface area contributed by atoms with Crippen molar-refractivity contribution in [2.75, 3.05) is 57.0 Å². The number of piperazine rings is 1. The molecule has 0 unspecified atom stereocenters. The number of nitriles is 1. The third-order valence-electron chi connectivity index (χ3n) is 8.71. The summed E-state index contributed by atoms with van der Waals surface area (Å²) in [6.07, 6.45) is 3.61. The van der Waals surface area contributed by atoms with Gasteiger partial charge in [-0.25, -0.2) is 18.7 Å². The number of aliphatic hydroxyl groups is 1. The molecule has 3 aromatic heterocycles. The number of pyridine rings is 1. The van der Waals surface area contributed by atoms with E-state index in [9.17, 15) is 14.8 Å². The number of thiophene rings is 1. The van der Waals surface area contributed by atoms with Gasteiger partial charge >= 0.3 is 0 Å². The zero-order chi connectivity index (χ0) is 28.4. The van der Waals surface area contributed by atoms with E-state index in [4.69, 9.17) is 15.5 Å². The summed E-state index contributed by atoms with van der Waals surface area (Å²) < 4.78 is 37.2. The van der Waals surface area contributed by atoms with Crippen LogP contribution in [0.15, 0.2) is 12.4 Å². The van der Waals surface area contributed by atoms with Gasteiger partial charge in [-0.05, 0) is 24.6 Å². The summed E-state index contributed by atoms with van der Waals surface area (Å²) in [7, 11) is 2.04. The van der Waals surface area contributed by atoms with E-state index in [-0.39, 0.29) is 69.3 Å². The SMILES string of the molecule is CN1CCN([C@@H]2CCN(c3ncc4c5c(c(-c6ncc(F)c7sc(N)c(C#N)c67)c(F)c4n3)COC5)C2)C[C@@H]1CO. The van der Waals surface area contributed by atoms with Crippen molar-refractivity contribution < 1.29 is 18.6 Å². The lowest BCUT2D eigenvalue weighted by Crippen LogP contribution is -2.56. The molecule has 3 aliphatic heterocycles. The summed E-state index contributed by atoms with van der Waals surface area (Å²) in [6.45, 7) is 4.57. The Hall–Kier alpha value is -3.54. The van der Waals surface area contributed by atoms with Crippen molar-refractivity contribution in [3.05, 3.63) is 40.7 Å². The molecular formula is C28H28F2N8O2S. The standard InChI is InChI=1S/C28H28F2N8O2S/c1-36-4-5-37(10-15(36)11-39)14-2-3-38(9-14)28-34-7-17-18-12-40-13-19(18)21(23(30)24(17)35-28)25-22-16(6-31)27(32)41-26(22)20(29)8-33-25/h7-8,14-15,39H,2-5,9-13,32H2,1H3/t14-,15-/m1/s1. The molecule has 41 heavy (non-hydrogen) atoms. The Morgan fingerprint density at radius 3 is 2.80 bits per heavy atom. The first-order chi connectivity index (χ1) is 19.9. The van der Waals surface area contributed by atoms with E-state index in [1.54, 1.807) is 6.20 Å². The zero-order valence-corrected chi connectivity index (χ0v) is 23.2. The second-order valence-corrected chi connectivity index (χ2v) is 11.9. The van der Waals surface area contributed by atoms with Gasteiger partial charge in [-0.15, -0.1) is 11.3 Å². The van der Waals surface area contributed by atoms with Gasteiger partial charge < -0.3 is 20.5 Å². The number of fused-ring (bicyclic) bond motifs is 4. The number of halogens is 2. The number of ether oxygens (including phenoxy) is 1. The first-order valence-corrected chi connectivity index (χ1v) is 14.4. The van der Waals surface area contributed by atoms with Crippen LogP contribution in [0.25, 0.3) is 32.2 Å². The van der Waals surface area contributed by atoms with Gasteiger partial charge in [-0.1, -0.05) is 0 Å². The second kappa shape index (κ2) is 10.1. The van der Waals surface area contributed by atoms with E-state index >= 15 is 4.39 Å². The minimum Gasteiger partial charge on any atom is -0.395 e. The fourth-order valence-electron chi connectivity index (χ4n) is 6.41. The van der Waals surface area contributed by atoms with Gasteiger partial charge in [0, 0.05) is 67.3 Å². The molecule has 0 aliphatic carbocycles. The molecule has 7 rings (SSSR count). The molecule has 0 spiro atoms. The van der Waals surface area contributed by atoms with Gasteiger partial charge in [-0.3, -0.25) is 14.8 Å². The van der Waals surface area contributed by atoms with Crippen LogP contribution in [-0.2, 0) is 18.0 Å². The van der Waals surface area contributed by atoms with Crippen molar-refractivity contribution >= 4 is 43.3 Å². The molecule has 2 fully saturated rings. The van der Waals surface area contributed by atoms with E-state index in [0.717, 1.165) is 55.7 Å². The highest BCUT2D eigenvalue weighted by Gasteiger charge is 2.35. The molecule has 2 atom stereocenters. The lowest BCUT2D eigenvalue weighted by atomic mass is 9.94. The van der Waals surface area contributed by atoms with Gasteiger partial charge in [0.15, 0.2) is 11.6 Å². The zero-order valence-electron chi connectivity index (χ0n) is 22.4. The number of rotatable bonds is 4. The number of nitrogen functional groups attached to an aromatic ring is 1. The second-order valence-electron chi connectivity index (χ2n) is 10.9. The molecule has 0 amide bonds. The third kappa shape index (κ3) is 4.12. The average Bonchev–Trinajstić information content (AvgIpc) is 3.73. The van der Waals surface area contributed by atoms with Crippen LogP contribution in [0.1, 0.15) is 23.1 Å². The van der Waals surface area contributed by atoms with E-state index in [0.29, 0.717) is 23.4 Å². The minimum absolute atomic E-state index is 0.0815. The van der Waals surface area contributed by atoms with E-state index in [1.165, 1.54) is 0 Å². The molecule has 0 radical (unpaired) electrons. The lowest BCUT2D eigenvalue weighted by Gasteiger charge is -2.41. The largest absolute Gasteiger partial charge is 0.395 e. The summed E-state index contributed by atoms with van der Waals surface area (Å²) in [4.78, 5) is 20.3. The van der Waals surface area contributed by atoms with Crippen molar-refractivity contribution in [1.82, 2.24) is 24.8 Å². The molecule has 3 aliphatic rings. The molecule has 4 aromatic rings. The minimum atomic E-state index is -0.616. The number of likely N-dealkylation sites (N-methyl/N-ethyl adjacent to an activating group) is 1. The van der Waals surface area contributed by atoms with Crippen molar-refractivity contribution in [2.45, 2.75) is 31.7 Å². The van der Waals surface area contributed by atoms with Crippen LogP contribution in [0.2, 0.25) is 0 Å². The van der Waals surface area contributed by atoms with Crippen LogP contribution in [0.5, 0.6) is 0 Å². The summed E-state index contributed by atoms with van der Waals surface area (Å²) in [5.74, 6) is -0.788. The Bertz CT molecular complexity index is 1740. The molecule has 6 heterocycles. The molecule has 0 saturated carbocycles. The highest BCUT2D eigenvalue weighted by atomic mass is 32.1. The van der Waals surface area contributed by atoms with E-state index in [1.807, 2.05) is 13.1 Å². The Labute approximate surface area is 238 Å². The van der Waals surface area contributed by atoms with Crippen molar-refractivity contribution in [3.63, 3.8) is 0 Å². The topological polar surface area (TPSA) is 128 Å². The van der Waals surface area contributed by atoms with Crippen LogP contribution >= 0.6 is 11.3 Å². The normalized spacial score (nSPS) is 21.7. The molecule has 3 N–H and O–H groups in total. The van der Waals surface area contributed by atoms with Gasteiger partial charge in [0.05, 0.1) is 42.0 Å². The number of aromatic nitrogens is 3. The van der Waals surface area contributed by atoms with Crippen LogP contribution in [-0.4, -0.2) is 88.3 Å². The summed E-state index contributed by atoms with van der Waals surface area (Å²) in [5.41, 5.74) is 7.92. The first-order valence-electron chi connectivity index (χ1n) is 13.5. The Kier molecular flexibility index (Phi) is 6.48. The van der Waals surface area contributed by atoms with Crippen LogP contribution in [0.4, 0.5) is 19.7 Å². The fraction of sp³-hybridized carbons (Fsp3) is 0.429. The predicted molar refractivity (Wildman–Crippen MR) is 151 cm³/mol. The van der Waals surface area contributed by atoms with Gasteiger partial charge in [-0.2, -0.15) is 5.26 Å². The molecule has 13 heteroatoms. The quantitative estimate of drug-likeness (QED) is 0.373. The first kappa shape index (κ1) is 26.4. The van der Waals surface area contributed by atoms with Gasteiger partial charge in [0.1, 0.15) is 16.6 Å². The Morgan fingerprint density at radius 2 is 2.00 bits per heavy atom. The molecule has 1 aromatic carbocycles. The monoisotopic (exact) mass is 578 g/mol. The van der Waals surface area contributed by atoms with E-state index in [2.05, 4.69) is 24.7 Å². The molecular weight excluding hydrogens is 550 g/mol. The number of anilines is 2. The summed E-state index contributed by atoms with van der Waals surface area (Å²) in [6, 6.07) is 2.44. The molecule has 0 bridgehead atoms. The number of nitrogens with two attached hydrogens (primary N) is 1. The lowest BCUT2D eigenvalue weighted by molar-refractivity contribution is 0.0399. The van der Waals surface area contributed by atoms with Crippen LogP contribution in [0.3, 0.4) is 0 Å². The number of benzene rings is 1. The highest BCUT2D eigenvalue weighted by Crippen LogP contribution is 2.45. The summed E-state index contributed by atoms with van der Waals surface area (Å²) in [5, 5.41) is 20.5. The van der Waals surface area contributed by atoms with Crippen molar-refractivity contribution in [3.8, 4) is 17.3 Å². The number of hydrogen-bond acceptors (Lipinski definition) is 11. The van der Waals surface area contributed by atoms with Crippen LogP contribution < -0.4 is 10.6 Å². The summed E-state index contributed by atoms with van der Waals surface area (Å²) >= 11 is 0.948. The smallest absolute Gasteiger partial charge is 0.226 e. The predicted octanol–water partition coefficient (Wildman–Crippen LogP) is 2.86. The number of aliphatic hydroxyl groups excluding tert-OH is 1. The molecule has 10 nitrogen and oxygen atoms in total. The highest BCUT2D eigenvalue weighted by molar-refractivity contribution is 7.23. The van der Waals surface area contributed by atoms with E-state index < -0.39 is 11.6 Å². The molecule has 212 valence electrons. The maximum atomic E-state index is 16.6. The fourth-order valence-corrected chi connectivity index (χ4v) is 7.33. The third-order valence-corrected chi connectivity index (χ3v) is 9.74. The number of hydrogen-bond donors (Lipinski definition) is 2. The van der Waals surface area contributed by atoms with Gasteiger partial charge in [0.2, 0.25) is 5.95 Å². The van der Waals surface area contributed by atoms with Gasteiger partial charge in [0.25, 0.3) is 0 Å². The maximum absolute atomic E-state index is 16.6. The molecule has 2 saturated heterocycles. The van der Waals surface area contributed by atoms with Crippen molar-refractivity contribution in [2.24, 2.45) is 0 Å². The Balaban J connectivity index is 1.30. The average molecular weight is 579 g/mol. The number of nitrogens with zero attached hydrogens (tertiary/aromatic N) is 7. The maximum Gasteiger partial charge on any atom is 0.226 e. The van der Waals surface area contributed by atoms with Crippen molar-refractivity contribution in [1.29, 1.82) is 5.26 Å².